The monoisotopic (exact) mass is 293 g/mol. The van der Waals surface area contributed by atoms with Gasteiger partial charge in [-0.15, -0.1) is 0 Å². The molecule has 4 heterocycles. The van der Waals surface area contributed by atoms with Crippen molar-refractivity contribution in [1.82, 2.24) is 24.8 Å². The van der Waals surface area contributed by atoms with Crippen LogP contribution in [0.15, 0.2) is 43.0 Å². The first-order valence-corrected chi connectivity index (χ1v) is 7.79. The molecule has 5 heteroatoms. The minimum absolute atomic E-state index is 0.584. The Labute approximate surface area is 129 Å². The fourth-order valence-electron chi connectivity index (χ4n) is 3.24. The van der Waals surface area contributed by atoms with E-state index >= 15 is 0 Å². The summed E-state index contributed by atoms with van der Waals surface area (Å²) in [5.74, 6) is 0.584. The number of nitrogens with zero attached hydrogens (tertiary/aromatic N) is 4. The third kappa shape index (κ3) is 2.72. The normalized spacial score (nSPS) is 17.1. The molecule has 5 nitrogen and oxygen atoms in total. The molecule has 0 atom stereocenters. The van der Waals surface area contributed by atoms with E-state index in [0.29, 0.717) is 5.92 Å². The molecule has 0 aliphatic carbocycles. The van der Waals surface area contributed by atoms with Crippen molar-refractivity contribution in [3.05, 3.63) is 54.2 Å². The van der Waals surface area contributed by atoms with Gasteiger partial charge in [-0.3, -0.25) is 14.9 Å². The van der Waals surface area contributed by atoms with Gasteiger partial charge in [0.25, 0.3) is 0 Å². The maximum Gasteiger partial charge on any atom is 0.156 e. The van der Waals surface area contributed by atoms with E-state index in [1.54, 1.807) is 12.4 Å². The van der Waals surface area contributed by atoms with Crippen LogP contribution in [-0.2, 0) is 6.54 Å². The number of piperidine rings is 1. The van der Waals surface area contributed by atoms with E-state index in [0.717, 1.165) is 30.8 Å². The first-order valence-electron chi connectivity index (χ1n) is 7.79. The Morgan fingerprint density at radius 2 is 2.00 bits per heavy atom. The molecule has 0 radical (unpaired) electrons. The number of hydrogen-bond acceptors (Lipinski definition) is 4. The Bertz CT molecular complexity index is 711. The van der Waals surface area contributed by atoms with Crippen molar-refractivity contribution >= 4 is 11.2 Å². The molecule has 4 rings (SSSR count). The smallest absolute Gasteiger partial charge is 0.156 e. The topological polar surface area (TPSA) is 57.7 Å². The summed E-state index contributed by atoms with van der Waals surface area (Å²) in [5, 5.41) is 0. The third-order valence-corrected chi connectivity index (χ3v) is 4.44. The van der Waals surface area contributed by atoms with Gasteiger partial charge in [-0.25, -0.2) is 4.98 Å². The molecule has 0 aromatic carbocycles. The number of pyridine rings is 1. The minimum atomic E-state index is 0.584. The molecular formula is C17H19N5. The van der Waals surface area contributed by atoms with Gasteiger partial charge in [-0.05, 0) is 43.6 Å². The lowest BCUT2D eigenvalue weighted by Gasteiger charge is -2.31. The molecule has 0 spiro atoms. The third-order valence-electron chi connectivity index (χ3n) is 4.44. The number of H-pyrrole nitrogens is 1. The molecule has 3 aromatic rings. The maximum atomic E-state index is 4.36. The highest BCUT2D eigenvalue weighted by Gasteiger charge is 2.22. The second kappa shape index (κ2) is 5.85. The van der Waals surface area contributed by atoms with Crippen LogP contribution in [0.4, 0.5) is 0 Å². The Morgan fingerprint density at radius 3 is 2.77 bits per heavy atom. The van der Waals surface area contributed by atoms with Crippen LogP contribution in [0.3, 0.4) is 0 Å². The Kier molecular flexibility index (Phi) is 3.56. The van der Waals surface area contributed by atoms with Crippen molar-refractivity contribution in [2.75, 3.05) is 13.1 Å². The van der Waals surface area contributed by atoms with E-state index in [4.69, 9.17) is 0 Å². The summed E-state index contributed by atoms with van der Waals surface area (Å²) in [7, 11) is 0. The quantitative estimate of drug-likeness (QED) is 0.806. The predicted molar refractivity (Wildman–Crippen MR) is 85.4 cm³/mol. The summed E-state index contributed by atoms with van der Waals surface area (Å²) >= 11 is 0. The van der Waals surface area contributed by atoms with Crippen LogP contribution in [-0.4, -0.2) is 37.9 Å². The number of nitrogens with one attached hydrogen (secondary N) is 1. The Morgan fingerprint density at radius 1 is 1.14 bits per heavy atom. The highest BCUT2D eigenvalue weighted by atomic mass is 15.1. The molecule has 112 valence electrons. The van der Waals surface area contributed by atoms with E-state index in [2.05, 4.69) is 37.0 Å². The Balaban J connectivity index is 1.41. The van der Waals surface area contributed by atoms with Gasteiger partial charge in [0.05, 0.1) is 0 Å². The largest absolute Gasteiger partial charge is 0.342 e. The second-order valence-corrected chi connectivity index (χ2v) is 5.93. The molecule has 3 aromatic heterocycles. The van der Waals surface area contributed by atoms with Crippen molar-refractivity contribution in [2.24, 2.45) is 0 Å². The number of fused-ring (bicyclic) bond motifs is 1. The zero-order chi connectivity index (χ0) is 14.8. The lowest BCUT2D eigenvalue weighted by atomic mass is 9.93. The van der Waals surface area contributed by atoms with Gasteiger partial charge < -0.3 is 4.98 Å². The van der Waals surface area contributed by atoms with Gasteiger partial charge in [0.1, 0.15) is 5.52 Å². The zero-order valence-electron chi connectivity index (χ0n) is 12.4. The van der Waals surface area contributed by atoms with Crippen LogP contribution in [0.25, 0.3) is 11.2 Å². The highest BCUT2D eigenvalue weighted by molar-refractivity contribution is 5.71. The second-order valence-electron chi connectivity index (χ2n) is 5.93. The lowest BCUT2D eigenvalue weighted by Crippen LogP contribution is -2.32. The summed E-state index contributed by atoms with van der Waals surface area (Å²) < 4.78 is 0. The van der Waals surface area contributed by atoms with Crippen LogP contribution in [0, 0.1) is 0 Å². The summed E-state index contributed by atoms with van der Waals surface area (Å²) in [5.41, 5.74) is 4.44. The van der Waals surface area contributed by atoms with E-state index < -0.39 is 0 Å². The molecular weight excluding hydrogens is 274 g/mol. The molecule has 0 unspecified atom stereocenters. The fraction of sp³-hybridized carbons (Fsp3) is 0.353. The van der Waals surface area contributed by atoms with Gasteiger partial charge in [-0.2, -0.15) is 0 Å². The molecule has 22 heavy (non-hydrogen) atoms. The van der Waals surface area contributed by atoms with Crippen molar-refractivity contribution in [3.8, 4) is 0 Å². The average Bonchev–Trinajstić information content (AvgIpc) is 3.00. The maximum absolute atomic E-state index is 4.36. The van der Waals surface area contributed by atoms with Gasteiger partial charge in [0, 0.05) is 42.9 Å². The van der Waals surface area contributed by atoms with Crippen LogP contribution in [0.1, 0.15) is 30.0 Å². The molecule has 0 saturated carbocycles. The minimum Gasteiger partial charge on any atom is -0.342 e. The highest BCUT2D eigenvalue weighted by Crippen LogP contribution is 2.29. The van der Waals surface area contributed by atoms with Crippen molar-refractivity contribution in [3.63, 3.8) is 0 Å². The molecule has 0 amide bonds. The average molecular weight is 293 g/mol. The molecule has 1 aliphatic rings. The van der Waals surface area contributed by atoms with Crippen molar-refractivity contribution < 1.29 is 0 Å². The summed E-state index contributed by atoms with van der Waals surface area (Å²) in [6, 6.07) is 6.31. The first kappa shape index (κ1) is 13.4. The van der Waals surface area contributed by atoms with Crippen LogP contribution in [0.5, 0.6) is 0 Å². The molecule has 1 aliphatic heterocycles. The molecule has 1 saturated heterocycles. The van der Waals surface area contributed by atoms with Gasteiger partial charge in [-0.1, -0.05) is 6.07 Å². The summed E-state index contributed by atoms with van der Waals surface area (Å²) in [6.45, 7) is 3.24. The van der Waals surface area contributed by atoms with Gasteiger partial charge in [0.2, 0.25) is 0 Å². The van der Waals surface area contributed by atoms with E-state index in [1.165, 1.54) is 24.1 Å². The van der Waals surface area contributed by atoms with Gasteiger partial charge in [0.15, 0.2) is 5.65 Å². The van der Waals surface area contributed by atoms with Crippen LogP contribution >= 0.6 is 0 Å². The first-order chi connectivity index (χ1) is 10.9. The fourth-order valence-corrected chi connectivity index (χ4v) is 3.24. The number of rotatable bonds is 3. The zero-order valence-corrected chi connectivity index (χ0v) is 12.4. The lowest BCUT2D eigenvalue weighted by molar-refractivity contribution is 0.203. The standard InChI is InChI=1S/C17H19N5/c1-2-13(11-18-5-1)12-22-8-3-14(4-9-22)15-10-16-17(21-15)20-7-6-19-16/h1-2,5-7,10-11,14H,3-4,8-9,12H2,(H,20,21). The van der Waals surface area contributed by atoms with Crippen LogP contribution < -0.4 is 0 Å². The molecule has 1 fully saturated rings. The summed E-state index contributed by atoms with van der Waals surface area (Å²) in [4.78, 5) is 18.8. The van der Waals surface area contributed by atoms with Gasteiger partial charge >= 0.3 is 0 Å². The van der Waals surface area contributed by atoms with E-state index in [-0.39, 0.29) is 0 Å². The number of aromatic amines is 1. The SMILES string of the molecule is c1cncc(CN2CCC(c3cc4nccnc4[nH]3)CC2)c1. The van der Waals surface area contributed by atoms with Crippen molar-refractivity contribution in [2.45, 2.75) is 25.3 Å². The number of likely N-dealkylation sites (tertiary alicyclic amines) is 1. The predicted octanol–water partition coefficient (Wildman–Crippen LogP) is 2.73. The van der Waals surface area contributed by atoms with Crippen LogP contribution in [0.2, 0.25) is 0 Å². The Hall–Kier alpha value is -2.27. The van der Waals surface area contributed by atoms with E-state index in [1.807, 2.05) is 18.5 Å². The number of hydrogen-bond donors (Lipinski definition) is 1. The summed E-state index contributed by atoms with van der Waals surface area (Å²) in [6.07, 6.45) is 9.62. The van der Waals surface area contributed by atoms with E-state index in [9.17, 15) is 0 Å². The molecule has 0 bridgehead atoms. The molecule has 1 N–H and O–H groups in total. The number of aromatic nitrogens is 4. The van der Waals surface area contributed by atoms with Crippen molar-refractivity contribution in [1.29, 1.82) is 0 Å².